The molecule has 0 aliphatic heterocycles. The molecule has 0 aliphatic rings. The Kier molecular flexibility index (Phi) is 7.44. The van der Waals surface area contributed by atoms with Crippen molar-refractivity contribution in [1.82, 2.24) is 4.98 Å². The predicted octanol–water partition coefficient (Wildman–Crippen LogP) is 4.64. The molecule has 0 aliphatic carbocycles. The van der Waals surface area contributed by atoms with E-state index in [0.29, 0.717) is 29.6 Å². The first-order valence-electron chi connectivity index (χ1n) is 9.51. The Labute approximate surface area is 175 Å². The molecule has 0 unspecified atom stereocenters. The van der Waals surface area contributed by atoms with Gasteiger partial charge in [-0.3, -0.25) is 4.98 Å². The first-order chi connectivity index (χ1) is 14.7. The van der Waals surface area contributed by atoms with Gasteiger partial charge >= 0.3 is 5.97 Å². The van der Waals surface area contributed by atoms with Crippen LogP contribution in [0.2, 0.25) is 0 Å². The quantitative estimate of drug-likeness (QED) is 0.382. The van der Waals surface area contributed by atoms with Crippen molar-refractivity contribution >= 4 is 18.1 Å². The highest BCUT2D eigenvalue weighted by atomic mass is 16.6. The van der Waals surface area contributed by atoms with Crippen LogP contribution in [0, 0.1) is 0 Å². The largest absolute Gasteiger partial charge is 0.497 e. The van der Waals surface area contributed by atoms with E-state index >= 15 is 0 Å². The van der Waals surface area contributed by atoms with Crippen molar-refractivity contribution in [3.05, 3.63) is 78.1 Å². The standard InChI is InChI=1S/C24H23NO5/c1-3-28-23-15-18(10-12-19-7-4-5-14-25-19)11-13-22(23)30-24(26)17-29-21-9-6-8-20(16-21)27-2/h4-16H,3,17H2,1-2H3/b12-10+. The minimum absolute atomic E-state index is 0.236. The lowest BCUT2D eigenvalue weighted by Crippen LogP contribution is -2.18. The van der Waals surface area contributed by atoms with E-state index in [9.17, 15) is 4.79 Å². The Morgan fingerprint density at radius 3 is 2.57 bits per heavy atom. The molecule has 0 atom stereocenters. The van der Waals surface area contributed by atoms with Crippen LogP contribution in [0.1, 0.15) is 18.2 Å². The summed E-state index contributed by atoms with van der Waals surface area (Å²) in [7, 11) is 1.57. The third-order valence-electron chi connectivity index (χ3n) is 4.02. The third kappa shape index (κ3) is 6.10. The highest BCUT2D eigenvalue weighted by Crippen LogP contribution is 2.29. The fourth-order valence-corrected chi connectivity index (χ4v) is 2.62. The van der Waals surface area contributed by atoms with Gasteiger partial charge in [0.15, 0.2) is 18.1 Å². The zero-order valence-corrected chi connectivity index (χ0v) is 16.9. The van der Waals surface area contributed by atoms with Gasteiger partial charge in [0, 0.05) is 12.3 Å². The van der Waals surface area contributed by atoms with E-state index in [2.05, 4.69) is 4.98 Å². The Bertz CT molecular complexity index is 1000. The van der Waals surface area contributed by atoms with Crippen molar-refractivity contribution in [1.29, 1.82) is 0 Å². The Balaban J connectivity index is 1.65. The van der Waals surface area contributed by atoms with Crippen LogP contribution in [0.5, 0.6) is 23.0 Å². The number of methoxy groups -OCH3 is 1. The maximum absolute atomic E-state index is 12.2. The summed E-state index contributed by atoms with van der Waals surface area (Å²) in [5.41, 5.74) is 1.75. The van der Waals surface area contributed by atoms with Gasteiger partial charge in [-0.25, -0.2) is 4.79 Å². The van der Waals surface area contributed by atoms with Crippen molar-refractivity contribution in [3.8, 4) is 23.0 Å². The Morgan fingerprint density at radius 2 is 1.80 bits per heavy atom. The van der Waals surface area contributed by atoms with Gasteiger partial charge < -0.3 is 18.9 Å². The SMILES string of the molecule is CCOc1cc(/C=C/c2ccccn2)ccc1OC(=O)COc1cccc(OC)c1. The van der Waals surface area contributed by atoms with E-state index in [-0.39, 0.29) is 6.61 Å². The zero-order valence-electron chi connectivity index (χ0n) is 16.9. The second-order valence-corrected chi connectivity index (χ2v) is 6.17. The molecule has 30 heavy (non-hydrogen) atoms. The van der Waals surface area contributed by atoms with Crippen LogP contribution in [0.4, 0.5) is 0 Å². The van der Waals surface area contributed by atoms with Gasteiger partial charge in [0.2, 0.25) is 0 Å². The molecule has 0 fully saturated rings. The average Bonchev–Trinajstić information content (AvgIpc) is 2.79. The zero-order chi connectivity index (χ0) is 21.2. The summed E-state index contributed by atoms with van der Waals surface area (Å²) >= 11 is 0. The van der Waals surface area contributed by atoms with Crippen LogP contribution in [0.25, 0.3) is 12.2 Å². The first kappa shape index (κ1) is 20.9. The molecule has 154 valence electrons. The maximum Gasteiger partial charge on any atom is 0.349 e. The molecule has 0 radical (unpaired) electrons. The molecule has 6 heteroatoms. The molecule has 3 aromatic rings. The number of pyridine rings is 1. The summed E-state index contributed by atoms with van der Waals surface area (Å²) < 4.78 is 21.7. The number of esters is 1. The summed E-state index contributed by atoms with van der Waals surface area (Å²) in [5.74, 6) is 1.46. The van der Waals surface area contributed by atoms with E-state index < -0.39 is 5.97 Å². The lowest BCUT2D eigenvalue weighted by atomic mass is 10.1. The smallest absolute Gasteiger partial charge is 0.349 e. The number of ether oxygens (including phenoxy) is 4. The molecule has 1 heterocycles. The highest BCUT2D eigenvalue weighted by molar-refractivity contribution is 5.76. The molecule has 0 saturated carbocycles. The lowest BCUT2D eigenvalue weighted by molar-refractivity contribution is -0.136. The van der Waals surface area contributed by atoms with Gasteiger partial charge in [-0.2, -0.15) is 0 Å². The van der Waals surface area contributed by atoms with Crippen LogP contribution in [-0.2, 0) is 4.79 Å². The second kappa shape index (κ2) is 10.7. The van der Waals surface area contributed by atoms with Gasteiger partial charge in [-0.15, -0.1) is 0 Å². The number of carbonyl (C=O) groups excluding carboxylic acids is 1. The van der Waals surface area contributed by atoms with E-state index in [0.717, 1.165) is 11.3 Å². The number of nitrogens with zero attached hydrogens (tertiary/aromatic N) is 1. The monoisotopic (exact) mass is 405 g/mol. The minimum Gasteiger partial charge on any atom is -0.497 e. The molecular formula is C24H23NO5. The highest BCUT2D eigenvalue weighted by Gasteiger charge is 2.12. The number of hydrogen-bond donors (Lipinski definition) is 0. The Morgan fingerprint density at radius 1 is 0.933 bits per heavy atom. The molecule has 2 aromatic carbocycles. The predicted molar refractivity (Wildman–Crippen MR) is 115 cm³/mol. The molecule has 1 aromatic heterocycles. The molecule has 3 rings (SSSR count). The van der Waals surface area contributed by atoms with Crippen molar-refractivity contribution in [3.63, 3.8) is 0 Å². The van der Waals surface area contributed by atoms with Gasteiger partial charge in [0.1, 0.15) is 11.5 Å². The summed E-state index contributed by atoms with van der Waals surface area (Å²) in [6.07, 6.45) is 5.56. The third-order valence-corrected chi connectivity index (χ3v) is 4.02. The summed E-state index contributed by atoms with van der Waals surface area (Å²) in [6, 6.07) is 18.1. The van der Waals surface area contributed by atoms with Gasteiger partial charge in [-0.05, 0) is 55.0 Å². The normalized spacial score (nSPS) is 10.6. The maximum atomic E-state index is 12.2. The van der Waals surface area contributed by atoms with Gasteiger partial charge in [-0.1, -0.05) is 24.3 Å². The van der Waals surface area contributed by atoms with E-state index in [1.807, 2.05) is 49.4 Å². The van der Waals surface area contributed by atoms with Gasteiger partial charge in [0.05, 0.1) is 19.4 Å². The minimum atomic E-state index is -0.532. The summed E-state index contributed by atoms with van der Waals surface area (Å²) in [5, 5.41) is 0. The molecule has 6 nitrogen and oxygen atoms in total. The molecule has 0 N–H and O–H groups in total. The van der Waals surface area contributed by atoms with Crippen LogP contribution in [0.3, 0.4) is 0 Å². The number of hydrogen-bond acceptors (Lipinski definition) is 6. The van der Waals surface area contributed by atoms with E-state index in [4.69, 9.17) is 18.9 Å². The van der Waals surface area contributed by atoms with Crippen LogP contribution < -0.4 is 18.9 Å². The van der Waals surface area contributed by atoms with Crippen molar-refractivity contribution in [2.75, 3.05) is 20.3 Å². The lowest BCUT2D eigenvalue weighted by Gasteiger charge is -2.12. The van der Waals surface area contributed by atoms with Crippen LogP contribution >= 0.6 is 0 Å². The molecular weight excluding hydrogens is 382 g/mol. The molecule has 0 amide bonds. The molecule has 0 saturated heterocycles. The Hall–Kier alpha value is -3.80. The fraction of sp³-hybridized carbons (Fsp3) is 0.167. The van der Waals surface area contributed by atoms with Crippen LogP contribution in [-0.4, -0.2) is 31.3 Å². The van der Waals surface area contributed by atoms with Crippen molar-refractivity contribution in [2.45, 2.75) is 6.92 Å². The topological polar surface area (TPSA) is 66.9 Å². The van der Waals surface area contributed by atoms with Crippen molar-refractivity contribution in [2.24, 2.45) is 0 Å². The number of aromatic nitrogens is 1. The van der Waals surface area contributed by atoms with Crippen molar-refractivity contribution < 1.29 is 23.7 Å². The fourth-order valence-electron chi connectivity index (χ4n) is 2.62. The summed E-state index contributed by atoms with van der Waals surface area (Å²) in [6.45, 7) is 2.08. The van der Waals surface area contributed by atoms with Crippen LogP contribution in [0.15, 0.2) is 66.9 Å². The molecule has 0 spiro atoms. The number of rotatable bonds is 9. The van der Waals surface area contributed by atoms with E-state index in [1.54, 1.807) is 43.6 Å². The summed E-state index contributed by atoms with van der Waals surface area (Å²) in [4.78, 5) is 16.5. The second-order valence-electron chi connectivity index (χ2n) is 6.17. The number of benzene rings is 2. The van der Waals surface area contributed by atoms with Gasteiger partial charge in [0.25, 0.3) is 0 Å². The van der Waals surface area contributed by atoms with E-state index in [1.165, 1.54) is 0 Å². The number of carbonyl (C=O) groups is 1. The average molecular weight is 405 g/mol. The first-order valence-corrected chi connectivity index (χ1v) is 9.51. The molecule has 0 bridgehead atoms.